The molecule has 0 atom stereocenters. The molecule has 100 valence electrons. The van der Waals surface area contributed by atoms with Gasteiger partial charge in [0.25, 0.3) is 5.91 Å². The highest BCUT2D eigenvalue weighted by Crippen LogP contribution is 2.28. The summed E-state index contributed by atoms with van der Waals surface area (Å²) in [6.07, 6.45) is 6.10. The Morgan fingerprint density at radius 1 is 1.28 bits per heavy atom. The molecule has 1 aromatic rings. The van der Waals surface area contributed by atoms with Crippen LogP contribution in [0.2, 0.25) is 0 Å². The van der Waals surface area contributed by atoms with E-state index < -0.39 is 0 Å². The Bertz CT molecular complexity index is 410. The van der Waals surface area contributed by atoms with Gasteiger partial charge in [0.1, 0.15) is 0 Å². The zero-order valence-corrected chi connectivity index (χ0v) is 12.4. The van der Waals surface area contributed by atoms with Crippen molar-refractivity contribution >= 4 is 17.2 Å². The quantitative estimate of drug-likeness (QED) is 0.856. The first-order valence-electron chi connectivity index (χ1n) is 6.87. The molecule has 1 heterocycles. The molecule has 1 amide bonds. The van der Waals surface area contributed by atoms with Gasteiger partial charge < -0.3 is 5.32 Å². The van der Waals surface area contributed by atoms with Crippen LogP contribution in [0.15, 0.2) is 11.4 Å². The average Bonchev–Trinajstić information content (AvgIpc) is 2.79. The largest absolute Gasteiger partial charge is 0.349 e. The van der Waals surface area contributed by atoms with Gasteiger partial charge in [0.2, 0.25) is 0 Å². The molecule has 1 aliphatic carbocycles. The lowest BCUT2D eigenvalue weighted by Gasteiger charge is -2.22. The van der Waals surface area contributed by atoms with Crippen molar-refractivity contribution in [3.05, 3.63) is 21.9 Å². The van der Waals surface area contributed by atoms with Crippen LogP contribution >= 0.6 is 11.3 Å². The topological polar surface area (TPSA) is 29.1 Å². The molecule has 0 aliphatic heterocycles. The number of hydrogen-bond acceptors (Lipinski definition) is 2. The summed E-state index contributed by atoms with van der Waals surface area (Å²) >= 11 is 1.69. The highest BCUT2D eigenvalue weighted by atomic mass is 32.1. The minimum absolute atomic E-state index is 0.105. The van der Waals surface area contributed by atoms with Crippen molar-refractivity contribution in [1.82, 2.24) is 5.32 Å². The van der Waals surface area contributed by atoms with Crippen LogP contribution in [0, 0.1) is 0 Å². The maximum Gasteiger partial charge on any atom is 0.252 e. The molecule has 0 bridgehead atoms. The van der Waals surface area contributed by atoms with Crippen LogP contribution in [0.3, 0.4) is 0 Å². The first kappa shape index (κ1) is 13.6. The van der Waals surface area contributed by atoms with Gasteiger partial charge in [-0.3, -0.25) is 4.79 Å². The Morgan fingerprint density at radius 2 is 1.94 bits per heavy atom. The second kappa shape index (κ2) is 5.43. The van der Waals surface area contributed by atoms with Gasteiger partial charge in [0, 0.05) is 16.3 Å². The molecule has 0 spiro atoms. The average molecular weight is 265 g/mol. The lowest BCUT2D eigenvalue weighted by Crippen LogP contribution is -2.35. The second-order valence-corrected chi connectivity index (χ2v) is 7.17. The van der Waals surface area contributed by atoms with E-state index in [0.717, 1.165) is 18.4 Å². The Balaban J connectivity index is 1.98. The van der Waals surface area contributed by atoms with Crippen molar-refractivity contribution in [3.8, 4) is 0 Å². The summed E-state index contributed by atoms with van der Waals surface area (Å²) in [5.41, 5.74) is 0.962. The Labute approximate surface area is 114 Å². The van der Waals surface area contributed by atoms with Gasteiger partial charge in [-0.25, -0.2) is 0 Å². The highest BCUT2D eigenvalue weighted by molar-refractivity contribution is 7.10. The van der Waals surface area contributed by atoms with Crippen LogP contribution < -0.4 is 5.32 Å². The molecule has 2 nitrogen and oxygen atoms in total. The SMILES string of the molecule is CC(C)(C)c1cc(C(=O)NC2CCCCC2)cs1. The first-order valence-corrected chi connectivity index (χ1v) is 7.74. The van der Waals surface area contributed by atoms with Crippen LogP contribution in [0.25, 0.3) is 0 Å². The highest BCUT2D eigenvalue weighted by Gasteiger charge is 2.20. The molecule has 1 saturated carbocycles. The summed E-state index contributed by atoms with van der Waals surface area (Å²) < 4.78 is 0. The van der Waals surface area contributed by atoms with E-state index in [1.165, 1.54) is 24.1 Å². The van der Waals surface area contributed by atoms with Gasteiger partial charge in [-0.15, -0.1) is 11.3 Å². The predicted molar refractivity (Wildman–Crippen MR) is 77.4 cm³/mol. The molecule has 1 aliphatic rings. The maximum absolute atomic E-state index is 12.1. The zero-order chi connectivity index (χ0) is 13.2. The molecule has 1 fully saturated rings. The smallest absolute Gasteiger partial charge is 0.252 e. The summed E-state index contributed by atoms with van der Waals surface area (Å²) in [5.74, 6) is 0.105. The minimum Gasteiger partial charge on any atom is -0.349 e. The van der Waals surface area contributed by atoms with Gasteiger partial charge in [-0.1, -0.05) is 40.0 Å². The van der Waals surface area contributed by atoms with Crippen molar-refractivity contribution in [2.24, 2.45) is 0 Å². The summed E-state index contributed by atoms with van der Waals surface area (Å²) in [7, 11) is 0. The van der Waals surface area contributed by atoms with Crippen molar-refractivity contribution in [1.29, 1.82) is 0 Å². The molecule has 0 aromatic carbocycles. The number of nitrogens with one attached hydrogen (secondary N) is 1. The standard InChI is InChI=1S/C15H23NOS/c1-15(2,3)13-9-11(10-18-13)14(17)16-12-7-5-4-6-8-12/h9-10,12H,4-8H2,1-3H3,(H,16,17). The van der Waals surface area contributed by atoms with Crippen molar-refractivity contribution in [2.75, 3.05) is 0 Å². The van der Waals surface area contributed by atoms with Crippen molar-refractivity contribution in [3.63, 3.8) is 0 Å². The number of thiophene rings is 1. The van der Waals surface area contributed by atoms with E-state index in [-0.39, 0.29) is 11.3 Å². The van der Waals surface area contributed by atoms with Gasteiger partial charge in [0.05, 0.1) is 5.56 Å². The van der Waals surface area contributed by atoms with E-state index in [2.05, 4.69) is 26.1 Å². The first-order chi connectivity index (χ1) is 8.47. The fraction of sp³-hybridized carbons (Fsp3) is 0.667. The lowest BCUT2D eigenvalue weighted by atomic mass is 9.94. The molecular weight excluding hydrogens is 242 g/mol. The second-order valence-electron chi connectivity index (χ2n) is 6.26. The zero-order valence-electron chi connectivity index (χ0n) is 11.6. The molecule has 3 heteroatoms. The number of carbonyl (C=O) groups excluding carboxylic acids is 1. The van der Waals surface area contributed by atoms with Gasteiger partial charge in [-0.05, 0) is 24.3 Å². The van der Waals surface area contributed by atoms with Crippen LogP contribution in [0.4, 0.5) is 0 Å². The van der Waals surface area contributed by atoms with E-state index in [0.29, 0.717) is 6.04 Å². The fourth-order valence-electron chi connectivity index (χ4n) is 2.36. The van der Waals surface area contributed by atoms with Crippen LogP contribution in [-0.2, 0) is 5.41 Å². The fourth-order valence-corrected chi connectivity index (χ4v) is 3.34. The third-order valence-electron chi connectivity index (χ3n) is 3.54. The third-order valence-corrected chi connectivity index (χ3v) is 4.90. The van der Waals surface area contributed by atoms with Crippen molar-refractivity contribution < 1.29 is 4.79 Å². The maximum atomic E-state index is 12.1. The summed E-state index contributed by atoms with van der Waals surface area (Å²) in [6.45, 7) is 6.55. The molecule has 0 unspecified atom stereocenters. The molecule has 18 heavy (non-hydrogen) atoms. The van der Waals surface area contributed by atoms with E-state index in [1.807, 2.05) is 11.4 Å². The van der Waals surface area contributed by atoms with E-state index in [4.69, 9.17) is 0 Å². The van der Waals surface area contributed by atoms with Crippen molar-refractivity contribution in [2.45, 2.75) is 64.3 Å². The van der Waals surface area contributed by atoms with E-state index >= 15 is 0 Å². The summed E-state index contributed by atoms with van der Waals surface area (Å²) in [4.78, 5) is 13.4. The Kier molecular flexibility index (Phi) is 4.10. The number of amides is 1. The van der Waals surface area contributed by atoms with Gasteiger partial charge >= 0.3 is 0 Å². The molecule has 1 aromatic heterocycles. The number of rotatable bonds is 2. The Hall–Kier alpha value is -0.830. The van der Waals surface area contributed by atoms with Gasteiger partial charge in [0.15, 0.2) is 0 Å². The predicted octanol–water partition coefficient (Wildman–Crippen LogP) is 4.11. The minimum atomic E-state index is 0.105. The van der Waals surface area contributed by atoms with Gasteiger partial charge in [-0.2, -0.15) is 0 Å². The summed E-state index contributed by atoms with van der Waals surface area (Å²) in [6, 6.07) is 2.44. The summed E-state index contributed by atoms with van der Waals surface area (Å²) in [5, 5.41) is 5.15. The lowest BCUT2D eigenvalue weighted by molar-refractivity contribution is 0.0928. The van der Waals surface area contributed by atoms with Crippen LogP contribution in [0.1, 0.15) is 68.1 Å². The third kappa shape index (κ3) is 3.35. The molecular formula is C15H23NOS. The van der Waals surface area contributed by atoms with Crippen LogP contribution in [0.5, 0.6) is 0 Å². The van der Waals surface area contributed by atoms with E-state index in [9.17, 15) is 4.79 Å². The molecule has 0 saturated heterocycles. The normalized spacial score (nSPS) is 17.7. The van der Waals surface area contributed by atoms with E-state index in [1.54, 1.807) is 11.3 Å². The number of hydrogen-bond donors (Lipinski definition) is 1. The number of carbonyl (C=O) groups is 1. The Morgan fingerprint density at radius 3 is 2.50 bits per heavy atom. The molecule has 1 N–H and O–H groups in total. The monoisotopic (exact) mass is 265 g/mol. The molecule has 0 radical (unpaired) electrons. The molecule has 2 rings (SSSR count). The van der Waals surface area contributed by atoms with Crippen LogP contribution in [-0.4, -0.2) is 11.9 Å².